The summed E-state index contributed by atoms with van der Waals surface area (Å²) in [7, 11) is 0. The van der Waals surface area contributed by atoms with E-state index in [0.29, 0.717) is 6.04 Å². The lowest BCUT2D eigenvalue weighted by Crippen LogP contribution is -2.24. The van der Waals surface area contributed by atoms with Gasteiger partial charge in [-0.1, -0.05) is 6.92 Å². The Hall–Kier alpha value is -1.06. The van der Waals surface area contributed by atoms with Crippen LogP contribution in [0, 0.1) is 6.92 Å². The van der Waals surface area contributed by atoms with E-state index in [4.69, 9.17) is 4.42 Å². The van der Waals surface area contributed by atoms with Crippen LogP contribution in [0.4, 0.5) is 0 Å². The van der Waals surface area contributed by atoms with Gasteiger partial charge >= 0.3 is 0 Å². The number of aryl methyl sites for hydroxylation is 1. The van der Waals surface area contributed by atoms with Crippen molar-refractivity contribution in [3.63, 3.8) is 0 Å². The molecule has 2 rings (SSSR count). The van der Waals surface area contributed by atoms with Crippen molar-refractivity contribution in [2.24, 2.45) is 0 Å². The summed E-state index contributed by atoms with van der Waals surface area (Å²) in [6.07, 6.45) is 3.81. The smallest absolute Gasteiger partial charge is 0.105 e. The van der Waals surface area contributed by atoms with Gasteiger partial charge in [0.05, 0.1) is 6.26 Å². The summed E-state index contributed by atoms with van der Waals surface area (Å²) < 4.78 is 5.45. The minimum atomic E-state index is 0.368. The third kappa shape index (κ3) is 3.20. The standard InChI is InChI=1S/C14H19NOS/c1-3-6-15-14(8-12-5-4-7-16-12)13-10-17-9-11(13)2/h4-5,7,9-10,14-15H,3,6,8H2,1-2H3. The molecule has 0 aliphatic rings. The van der Waals surface area contributed by atoms with Crippen molar-refractivity contribution in [2.45, 2.75) is 32.7 Å². The van der Waals surface area contributed by atoms with E-state index in [0.717, 1.165) is 25.1 Å². The predicted molar refractivity (Wildman–Crippen MR) is 72.5 cm³/mol. The zero-order valence-electron chi connectivity index (χ0n) is 10.4. The van der Waals surface area contributed by atoms with E-state index in [2.05, 4.69) is 29.9 Å². The molecule has 0 aliphatic carbocycles. The minimum absolute atomic E-state index is 0.368. The first-order valence-electron chi connectivity index (χ1n) is 6.09. The Kier molecular flexibility index (Phi) is 4.40. The average Bonchev–Trinajstić information content (AvgIpc) is 2.95. The molecule has 17 heavy (non-hydrogen) atoms. The van der Waals surface area contributed by atoms with Crippen molar-refractivity contribution in [3.8, 4) is 0 Å². The molecule has 0 saturated heterocycles. The quantitative estimate of drug-likeness (QED) is 0.839. The summed E-state index contributed by atoms with van der Waals surface area (Å²) in [4.78, 5) is 0. The minimum Gasteiger partial charge on any atom is -0.469 e. The molecular formula is C14H19NOS. The summed E-state index contributed by atoms with van der Waals surface area (Å²) in [5.41, 5.74) is 2.77. The summed E-state index contributed by atoms with van der Waals surface area (Å²) in [5, 5.41) is 8.05. The molecule has 0 fully saturated rings. The molecule has 1 atom stereocenters. The number of hydrogen-bond donors (Lipinski definition) is 1. The van der Waals surface area contributed by atoms with E-state index in [9.17, 15) is 0 Å². The monoisotopic (exact) mass is 249 g/mol. The fraction of sp³-hybridized carbons (Fsp3) is 0.429. The average molecular weight is 249 g/mol. The zero-order chi connectivity index (χ0) is 12.1. The third-order valence-corrected chi connectivity index (χ3v) is 3.78. The largest absolute Gasteiger partial charge is 0.469 e. The number of rotatable bonds is 6. The molecule has 0 amide bonds. The van der Waals surface area contributed by atoms with E-state index >= 15 is 0 Å². The highest BCUT2D eigenvalue weighted by atomic mass is 32.1. The van der Waals surface area contributed by atoms with E-state index in [1.165, 1.54) is 11.1 Å². The molecular weight excluding hydrogens is 230 g/mol. The molecule has 1 N–H and O–H groups in total. The molecule has 0 aliphatic heterocycles. The molecule has 1 unspecified atom stereocenters. The van der Waals surface area contributed by atoms with Gasteiger partial charge in [0.15, 0.2) is 0 Å². The van der Waals surface area contributed by atoms with Crippen LogP contribution in [0.25, 0.3) is 0 Å². The van der Waals surface area contributed by atoms with Gasteiger partial charge in [-0.05, 0) is 53.9 Å². The van der Waals surface area contributed by atoms with Crippen LogP contribution in [0.1, 0.15) is 36.3 Å². The van der Waals surface area contributed by atoms with Crippen LogP contribution in [-0.4, -0.2) is 6.54 Å². The van der Waals surface area contributed by atoms with Crippen molar-refractivity contribution < 1.29 is 4.42 Å². The summed E-state index contributed by atoms with van der Waals surface area (Å²) >= 11 is 1.77. The second-order valence-electron chi connectivity index (χ2n) is 4.30. The van der Waals surface area contributed by atoms with Gasteiger partial charge in [0.2, 0.25) is 0 Å². The maximum Gasteiger partial charge on any atom is 0.105 e. The van der Waals surface area contributed by atoms with Gasteiger partial charge in [-0.25, -0.2) is 0 Å². The fourth-order valence-electron chi connectivity index (χ4n) is 1.97. The molecule has 0 radical (unpaired) electrons. The second-order valence-corrected chi connectivity index (χ2v) is 5.04. The Bertz CT molecular complexity index is 433. The van der Waals surface area contributed by atoms with Gasteiger partial charge in [0.1, 0.15) is 5.76 Å². The van der Waals surface area contributed by atoms with Crippen molar-refractivity contribution in [1.82, 2.24) is 5.32 Å². The predicted octanol–water partition coefficient (Wildman–Crippen LogP) is 3.93. The maximum atomic E-state index is 5.45. The lowest BCUT2D eigenvalue weighted by Gasteiger charge is -2.17. The lowest BCUT2D eigenvalue weighted by molar-refractivity contribution is 0.449. The number of hydrogen-bond acceptors (Lipinski definition) is 3. The molecule has 92 valence electrons. The van der Waals surface area contributed by atoms with E-state index in [1.54, 1.807) is 17.6 Å². The highest BCUT2D eigenvalue weighted by Crippen LogP contribution is 2.25. The van der Waals surface area contributed by atoms with Crippen molar-refractivity contribution in [2.75, 3.05) is 6.54 Å². The van der Waals surface area contributed by atoms with Crippen molar-refractivity contribution >= 4 is 11.3 Å². The van der Waals surface area contributed by atoms with Gasteiger partial charge in [-0.15, -0.1) is 0 Å². The van der Waals surface area contributed by atoms with Gasteiger partial charge in [0.25, 0.3) is 0 Å². The second kappa shape index (κ2) is 6.03. The molecule has 2 heterocycles. The van der Waals surface area contributed by atoms with Crippen molar-refractivity contribution in [3.05, 3.63) is 46.0 Å². The Morgan fingerprint density at radius 1 is 1.41 bits per heavy atom. The topological polar surface area (TPSA) is 25.2 Å². The van der Waals surface area contributed by atoms with E-state index in [1.807, 2.05) is 12.1 Å². The van der Waals surface area contributed by atoms with Gasteiger partial charge in [0, 0.05) is 12.5 Å². The highest BCUT2D eigenvalue weighted by Gasteiger charge is 2.15. The molecule has 2 aromatic heterocycles. The van der Waals surface area contributed by atoms with Crippen LogP contribution < -0.4 is 5.32 Å². The van der Waals surface area contributed by atoms with Crippen LogP contribution in [0.15, 0.2) is 33.6 Å². The normalized spacial score (nSPS) is 12.8. The highest BCUT2D eigenvalue weighted by molar-refractivity contribution is 7.08. The lowest BCUT2D eigenvalue weighted by atomic mass is 10.0. The first-order chi connectivity index (χ1) is 8.31. The molecule has 2 nitrogen and oxygen atoms in total. The van der Waals surface area contributed by atoms with Crippen molar-refractivity contribution in [1.29, 1.82) is 0 Å². The number of furan rings is 1. The third-order valence-electron chi connectivity index (χ3n) is 2.90. The summed E-state index contributed by atoms with van der Waals surface area (Å²) in [5.74, 6) is 1.05. The molecule has 2 aromatic rings. The number of nitrogens with one attached hydrogen (secondary N) is 1. The van der Waals surface area contributed by atoms with Crippen LogP contribution >= 0.6 is 11.3 Å². The molecule has 0 bridgehead atoms. The van der Waals surface area contributed by atoms with E-state index < -0.39 is 0 Å². The first-order valence-corrected chi connectivity index (χ1v) is 7.04. The summed E-state index contributed by atoms with van der Waals surface area (Å²) in [6.45, 7) is 5.41. The Labute approximate surface area is 107 Å². The summed E-state index contributed by atoms with van der Waals surface area (Å²) in [6, 6.07) is 4.36. The first kappa shape index (κ1) is 12.4. The Morgan fingerprint density at radius 2 is 2.29 bits per heavy atom. The van der Waals surface area contributed by atoms with Crippen LogP contribution in [0.2, 0.25) is 0 Å². The SMILES string of the molecule is CCCNC(Cc1ccco1)c1cscc1C. The maximum absolute atomic E-state index is 5.45. The Balaban J connectivity index is 2.11. The van der Waals surface area contributed by atoms with Gasteiger partial charge in [-0.2, -0.15) is 11.3 Å². The Morgan fingerprint density at radius 3 is 2.88 bits per heavy atom. The van der Waals surface area contributed by atoms with Crippen LogP contribution in [0.5, 0.6) is 0 Å². The van der Waals surface area contributed by atoms with Crippen LogP contribution in [-0.2, 0) is 6.42 Å². The molecule has 0 aromatic carbocycles. The molecule has 3 heteroatoms. The van der Waals surface area contributed by atoms with Gasteiger partial charge < -0.3 is 9.73 Å². The zero-order valence-corrected chi connectivity index (χ0v) is 11.2. The van der Waals surface area contributed by atoms with E-state index in [-0.39, 0.29) is 0 Å². The number of thiophene rings is 1. The fourth-order valence-corrected chi connectivity index (χ4v) is 2.87. The van der Waals surface area contributed by atoms with Gasteiger partial charge in [-0.3, -0.25) is 0 Å². The molecule has 0 spiro atoms. The molecule has 0 saturated carbocycles. The van der Waals surface area contributed by atoms with Crippen LogP contribution in [0.3, 0.4) is 0 Å².